The second-order valence-electron chi connectivity index (χ2n) is 4.60. The van der Waals surface area contributed by atoms with Gasteiger partial charge in [0, 0.05) is 16.6 Å². The normalized spacial score (nSPS) is 23.1. The molecule has 0 saturated carbocycles. The van der Waals surface area contributed by atoms with Gasteiger partial charge in [0.2, 0.25) is 10.0 Å². The van der Waals surface area contributed by atoms with Gasteiger partial charge in [-0.25, -0.2) is 13.1 Å². The SMILES string of the molecule is O=S(=O)(NC[C@H]1CC[C@@H](CO)O1)c1cc(Cl)cc(Cl)c1. The molecule has 8 heteroatoms. The highest BCUT2D eigenvalue weighted by Gasteiger charge is 2.26. The number of nitrogens with one attached hydrogen (secondary N) is 1. The standard InChI is InChI=1S/C12H15Cl2NO4S/c13-8-3-9(14)5-12(4-8)20(17,18)15-6-10-1-2-11(7-16)19-10/h3-5,10-11,15-16H,1-2,6-7H2/t10-,11+/m1/s1. The minimum Gasteiger partial charge on any atom is -0.394 e. The van der Waals surface area contributed by atoms with Gasteiger partial charge in [-0.05, 0) is 31.0 Å². The number of aliphatic hydroxyl groups excluding tert-OH is 1. The number of benzene rings is 1. The average molecular weight is 340 g/mol. The van der Waals surface area contributed by atoms with E-state index >= 15 is 0 Å². The first-order chi connectivity index (χ1) is 9.40. The predicted octanol–water partition coefficient (Wildman–Crippen LogP) is 1.81. The summed E-state index contributed by atoms with van der Waals surface area (Å²) >= 11 is 11.6. The first-order valence-corrected chi connectivity index (χ1v) is 8.36. The van der Waals surface area contributed by atoms with Gasteiger partial charge in [-0.15, -0.1) is 0 Å². The van der Waals surface area contributed by atoms with Gasteiger partial charge < -0.3 is 9.84 Å². The molecule has 1 aliphatic rings. The third kappa shape index (κ3) is 4.07. The van der Waals surface area contributed by atoms with Crippen LogP contribution in [0, 0.1) is 0 Å². The van der Waals surface area contributed by atoms with Crippen LogP contribution in [0.1, 0.15) is 12.8 Å². The number of rotatable bonds is 5. The zero-order chi connectivity index (χ0) is 14.8. The van der Waals surface area contributed by atoms with Crippen LogP contribution in [0.2, 0.25) is 10.0 Å². The molecule has 1 aromatic carbocycles. The Morgan fingerprint density at radius 2 is 1.80 bits per heavy atom. The Hall–Kier alpha value is -0.370. The van der Waals surface area contributed by atoms with Crippen LogP contribution in [0.5, 0.6) is 0 Å². The molecule has 1 heterocycles. The van der Waals surface area contributed by atoms with E-state index in [1.807, 2.05) is 0 Å². The minimum absolute atomic E-state index is 0.0201. The van der Waals surface area contributed by atoms with Crippen molar-refractivity contribution in [1.29, 1.82) is 0 Å². The van der Waals surface area contributed by atoms with Crippen molar-refractivity contribution in [1.82, 2.24) is 4.72 Å². The summed E-state index contributed by atoms with van der Waals surface area (Å²) < 4.78 is 32.1. The van der Waals surface area contributed by atoms with Crippen LogP contribution in [-0.4, -0.2) is 38.9 Å². The molecule has 1 aromatic rings. The zero-order valence-electron chi connectivity index (χ0n) is 10.6. The number of halogens is 2. The molecule has 0 unspecified atom stereocenters. The Labute approximate surface area is 127 Å². The first-order valence-electron chi connectivity index (χ1n) is 6.13. The van der Waals surface area contributed by atoms with E-state index in [1.54, 1.807) is 0 Å². The van der Waals surface area contributed by atoms with E-state index in [1.165, 1.54) is 18.2 Å². The molecule has 0 spiro atoms. The maximum atomic E-state index is 12.1. The highest BCUT2D eigenvalue weighted by atomic mass is 35.5. The highest BCUT2D eigenvalue weighted by Crippen LogP contribution is 2.23. The largest absolute Gasteiger partial charge is 0.394 e. The molecule has 0 aromatic heterocycles. The van der Waals surface area contributed by atoms with Gasteiger partial charge in [-0.3, -0.25) is 0 Å². The predicted molar refractivity (Wildman–Crippen MR) is 76.6 cm³/mol. The monoisotopic (exact) mass is 339 g/mol. The van der Waals surface area contributed by atoms with Crippen LogP contribution in [0.4, 0.5) is 0 Å². The fraction of sp³-hybridized carbons (Fsp3) is 0.500. The van der Waals surface area contributed by atoms with Gasteiger partial charge in [0.15, 0.2) is 0 Å². The molecular formula is C12H15Cl2NO4S. The van der Waals surface area contributed by atoms with Gasteiger partial charge in [0.1, 0.15) is 0 Å². The van der Waals surface area contributed by atoms with Crippen molar-refractivity contribution in [2.24, 2.45) is 0 Å². The Morgan fingerprint density at radius 3 is 2.35 bits per heavy atom. The van der Waals surface area contributed by atoms with Crippen molar-refractivity contribution >= 4 is 33.2 Å². The molecule has 5 nitrogen and oxygen atoms in total. The fourth-order valence-electron chi connectivity index (χ4n) is 2.03. The molecule has 1 fully saturated rings. The van der Waals surface area contributed by atoms with Crippen LogP contribution in [-0.2, 0) is 14.8 Å². The van der Waals surface area contributed by atoms with Crippen molar-refractivity contribution < 1.29 is 18.3 Å². The van der Waals surface area contributed by atoms with Crippen LogP contribution in [0.3, 0.4) is 0 Å². The lowest BCUT2D eigenvalue weighted by Crippen LogP contribution is -2.32. The summed E-state index contributed by atoms with van der Waals surface area (Å²) in [5.74, 6) is 0. The van der Waals surface area contributed by atoms with E-state index < -0.39 is 10.0 Å². The lowest BCUT2D eigenvalue weighted by atomic mass is 10.2. The van der Waals surface area contributed by atoms with E-state index in [0.717, 1.165) is 6.42 Å². The van der Waals surface area contributed by atoms with Crippen molar-refractivity contribution in [3.63, 3.8) is 0 Å². The Balaban J connectivity index is 2.01. The molecule has 2 N–H and O–H groups in total. The van der Waals surface area contributed by atoms with Gasteiger partial charge in [-0.2, -0.15) is 0 Å². The second kappa shape index (κ2) is 6.60. The maximum Gasteiger partial charge on any atom is 0.240 e. The molecule has 112 valence electrons. The molecular weight excluding hydrogens is 325 g/mol. The summed E-state index contributed by atoms with van der Waals surface area (Å²) in [6, 6.07) is 4.14. The molecule has 0 bridgehead atoms. The third-order valence-electron chi connectivity index (χ3n) is 3.05. The average Bonchev–Trinajstić information content (AvgIpc) is 2.83. The van der Waals surface area contributed by atoms with Gasteiger partial charge in [0.25, 0.3) is 0 Å². The summed E-state index contributed by atoms with van der Waals surface area (Å²) in [4.78, 5) is 0.0201. The summed E-state index contributed by atoms with van der Waals surface area (Å²) in [5.41, 5.74) is 0. The van der Waals surface area contributed by atoms with Crippen LogP contribution in [0.25, 0.3) is 0 Å². The first kappa shape index (κ1) is 16.0. The zero-order valence-corrected chi connectivity index (χ0v) is 12.9. The number of hydrogen-bond donors (Lipinski definition) is 2. The van der Waals surface area contributed by atoms with E-state index in [4.69, 9.17) is 33.0 Å². The van der Waals surface area contributed by atoms with Gasteiger partial charge >= 0.3 is 0 Å². The number of sulfonamides is 1. The molecule has 20 heavy (non-hydrogen) atoms. The highest BCUT2D eigenvalue weighted by molar-refractivity contribution is 7.89. The molecule has 0 amide bonds. The molecule has 0 radical (unpaired) electrons. The van der Waals surface area contributed by atoms with E-state index in [-0.39, 0.29) is 40.3 Å². The van der Waals surface area contributed by atoms with E-state index in [9.17, 15) is 8.42 Å². The van der Waals surface area contributed by atoms with Crippen molar-refractivity contribution in [3.8, 4) is 0 Å². The quantitative estimate of drug-likeness (QED) is 0.857. The molecule has 1 saturated heterocycles. The minimum atomic E-state index is -3.68. The van der Waals surface area contributed by atoms with E-state index in [2.05, 4.69) is 4.72 Å². The van der Waals surface area contributed by atoms with Gasteiger partial charge in [-0.1, -0.05) is 23.2 Å². The lowest BCUT2D eigenvalue weighted by Gasteiger charge is -2.13. The van der Waals surface area contributed by atoms with Gasteiger partial charge in [0.05, 0.1) is 23.7 Å². The van der Waals surface area contributed by atoms with Crippen molar-refractivity contribution in [2.45, 2.75) is 29.9 Å². The fourth-order valence-corrected chi connectivity index (χ4v) is 3.83. The molecule has 2 rings (SSSR count). The molecule has 2 atom stereocenters. The number of ether oxygens (including phenoxy) is 1. The second-order valence-corrected chi connectivity index (χ2v) is 7.24. The van der Waals surface area contributed by atoms with Crippen molar-refractivity contribution in [3.05, 3.63) is 28.2 Å². The third-order valence-corrected chi connectivity index (χ3v) is 4.89. The Kier molecular flexibility index (Phi) is 5.28. The Morgan fingerprint density at radius 1 is 1.20 bits per heavy atom. The smallest absolute Gasteiger partial charge is 0.240 e. The number of hydrogen-bond acceptors (Lipinski definition) is 4. The van der Waals surface area contributed by atoms with E-state index in [0.29, 0.717) is 6.42 Å². The lowest BCUT2D eigenvalue weighted by molar-refractivity contribution is 0.0144. The van der Waals surface area contributed by atoms with Crippen LogP contribution in [0.15, 0.2) is 23.1 Å². The summed E-state index contributed by atoms with van der Waals surface area (Å²) in [6.07, 6.45) is 1.01. The summed E-state index contributed by atoms with van der Waals surface area (Å²) in [5, 5.41) is 9.48. The van der Waals surface area contributed by atoms with Crippen molar-refractivity contribution in [2.75, 3.05) is 13.2 Å². The maximum absolute atomic E-state index is 12.1. The molecule has 1 aliphatic heterocycles. The van der Waals surface area contributed by atoms with Crippen LogP contribution >= 0.6 is 23.2 Å². The number of aliphatic hydroxyl groups is 1. The summed E-state index contributed by atoms with van der Waals surface area (Å²) in [6.45, 7) is 0.107. The summed E-state index contributed by atoms with van der Waals surface area (Å²) in [7, 11) is -3.68. The topological polar surface area (TPSA) is 75.6 Å². The van der Waals surface area contributed by atoms with Crippen LogP contribution < -0.4 is 4.72 Å². The molecule has 0 aliphatic carbocycles. The Bertz CT molecular complexity index is 559.